The first kappa shape index (κ1) is 17.4. The van der Waals surface area contributed by atoms with Crippen LogP contribution in [0.3, 0.4) is 0 Å². The lowest BCUT2D eigenvalue weighted by atomic mass is 9.96. The van der Waals surface area contributed by atoms with Gasteiger partial charge in [0, 0.05) is 10.5 Å². The molecule has 0 N–H and O–H groups in total. The number of halogens is 1. The van der Waals surface area contributed by atoms with E-state index in [0.29, 0.717) is 16.8 Å². The minimum Gasteiger partial charge on any atom is -0.480 e. The number of methoxy groups -OCH3 is 1. The molecule has 2 nitrogen and oxygen atoms in total. The van der Waals surface area contributed by atoms with Crippen LogP contribution in [-0.2, 0) is 0 Å². The fourth-order valence-corrected chi connectivity index (χ4v) is 3.77. The molecule has 24 heavy (non-hydrogen) atoms. The molecule has 1 aromatic carbocycles. The zero-order valence-corrected chi connectivity index (χ0v) is 15.7. The number of rotatable bonds is 5. The Kier molecular flexibility index (Phi) is 5.85. The normalized spacial score (nSPS) is 15.7. The van der Waals surface area contributed by atoms with Crippen molar-refractivity contribution in [3.05, 3.63) is 58.8 Å². The molecule has 0 aliphatic heterocycles. The Morgan fingerprint density at radius 3 is 2.50 bits per heavy atom. The molecule has 1 fully saturated rings. The van der Waals surface area contributed by atoms with Gasteiger partial charge in [0.1, 0.15) is 5.02 Å². The molecule has 0 unspecified atom stereocenters. The maximum Gasteiger partial charge on any atom is 0.232 e. The predicted molar refractivity (Wildman–Crippen MR) is 103 cm³/mol. The minimum atomic E-state index is 0.479. The molecule has 0 saturated heterocycles. The minimum absolute atomic E-state index is 0.479. The number of hydrogen-bond acceptors (Lipinski definition) is 3. The number of aromatic nitrogens is 1. The van der Waals surface area contributed by atoms with Crippen LogP contribution in [0.2, 0.25) is 5.02 Å². The monoisotopic (exact) mass is 359 g/mol. The molecule has 0 bridgehead atoms. The molecule has 2 aromatic rings. The Labute approximate surface area is 153 Å². The van der Waals surface area contributed by atoms with Gasteiger partial charge in [0.15, 0.2) is 0 Å². The van der Waals surface area contributed by atoms with Crippen molar-refractivity contribution in [1.29, 1.82) is 0 Å². The number of pyridine rings is 1. The van der Waals surface area contributed by atoms with Gasteiger partial charge < -0.3 is 4.74 Å². The summed E-state index contributed by atoms with van der Waals surface area (Å²) < 4.78 is 5.30. The van der Waals surface area contributed by atoms with E-state index >= 15 is 0 Å². The number of allylic oxidation sites excluding steroid dienone is 1. The van der Waals surface area contributed by atoms with Gasteiger partial charge in [-0.3, -0.25) is 0 Å². The van der Waals surface area contributed by atoms with Crippen LogP contribution in [0.4, 0.5) is 0 Å². The summed E-state index contributed by atoms with van der Waals surface area (Å²) in [6.07, 6.45) is 9.63. The van der Waals surface area contributed by atoms with E-state index in [1.54, 1.807) is 18.9 Å². The third-order valence-corrected chi connectivity index (χ3v) is 5.52. The number of nitrogens with zero attached hydrogens (tertiary/aromatic N) is 1. The highest BCUT2D eigenvalue weighted by Crippen LogP contribution is 2.33. The van der Waals surface area contributed by atoms with Gasteiger partial charge in [-0.1, -0.05) is 42.7 Å². The third-order valence-electron chi connectivity index (χ3n) is 4.49. The lowest BCUT2D eigenvalue weighted by Crippen LogP contribution is -1.98. The third kappa shape index (κ3) is 3.96. The van der Waals surface area contributed by atoms with Gasteiger partial charge in [-0.2, -0.15) is 0 Å². The second-order valence-corrected chi connectivity index (χ2v) is 7.33. The number of thioether (sulfide) groups is 1. The molecule has 4 heteroatoms. The standard InChI is InChI=1S/C20H22ClNOS/c1-23-20-18(21)11-12-19(22-20)17(13-14-5-3-4-6-14)15-7-9-16(24-2)10-8-15/h7-14H,3-6H2,1-2H3. The predicted octanol–water partition coefficient (Wildman–Crippen LogP) is 6.09. The number of ether oxygens (including phenoxy) is 1. The summed E-state index contributed by atoms with van der Waals surface area (Å²) in [5.41, 5.74) is 3.28. The first-order chi connectivity index (χ1) is 11.7. The Bertz CT molecular complexity index is 721. The van der Waals surface area contributed by atoms with Crippen molar-refractivity contribution in [3.63, 3.8) is 0 Å². The van der Waals surface area contributed by atoms with Crippen molar-refractivity contribution < 1.29 is 4.74 Å². The van der Waals surface area contributed by atoms with Crippen molar-refractivity contribution in [2.24, 2.45) is 5.92 Å². The maximum absolute atomic E-state index is 6.15. The molecular weight excluding hydrogens is 338 g/mol. The summed E-state index contributed by atoms with van der Waals surface area (Å²) in [6, 6.07) is 12.5. The average molecular weight is 360 g/mol. The molecule has 1 aromatic heterocycles. The Morgan fingerprint density at radius 1 is 1.17 bits per heavy atom. The first-order valence-corrected chi connectivity index (χ1v) is 9.88. The second-order valence-electron chi connectivity index (χ2n) is 6.04. The van der Waals surface area contributed by atoms with Crippen LogP contribution >= 0.6 is 23.4 Å². The van der Waals surface area contributed by atoms with Gasteiger partial charge in [-0.15, -0.1) is 11.8 Å². The van der Waals surface area contributed by atoms with Crippen molar-refractivity contribution in [2.45, 2.75) is 30.6 Å². The summed E-state index contributed by atoms with van der Waals surface area (Å²) in [5, 5.41) is 0.541. The highest BCUT2D eigenvalue weighted by atomic mass is 35.5. The van der Waals surface area contributed by atoms with Crippen LogP contribution in [0.1, 0.15) is 36.9 Å². The molecule has 0 spiro atoms. The summed E-state index contributed by atoms with van der Waals surface area (Å²) in [7, 11) is 1.60. The molecule has 0 amide bonds. The fraction of sp³-hybridized carbons (Fsp3) is 0.350. The van der Waals surface area contributed by atoms with E-state index in [-0.39, 0.29) is 0 Å². The van der Waals surface area contributed by atoms with Crippen molar-refractivity contribution >= 4 is 28.9 Å². The Hall–Kier alpha value is -1.45. The zero-order valence-electron chi connectivity index (χ0n) is 14.1. The van der Waals surface area contributed by atoms with Crippen LogP contribution in [0.25, 0.3) is 5.57 Å². The van der Waals surface area contributed by atoms with Crippen LogP contribution in [0.5, 0.6) is 5.88 Å². The Balaban J connectivity index is 2.03. The van der Waals surface area contributed by atoms with Crippen LogP contribution in [0.15, 0.2) is 47.4 Å². The van der Waals surface area contributed by atoms with Gasteiger partial charge in [0.25, 0.3) is 0 Å². The topological polar surface area (TPSA) is 22.1 Å². The molecule has 126 valence electrons. The molecule has 0 radical (unpaired) electrons. The van der Waals surface area contributed by atoms with E-state index in [4.69, 9.17) is 16.3 Å². The quantitative estimate of drug-likeness (QED) is 0.603. The fourth-order valence-electron chi connectivity index (χ4n) is 3.18. The molecular formula is C20H22ClNOS. The van der Waals surface area contributed by atoms with Crippen molar-refractivity contribution in [2.75, 3.05) is 13.4 Å². The van der Waals surface area contributed by atoms with E-state index in [2.05, 4.69) is 41.6 Å². The average Bonchev–Trinajstić information content (AvgIpc) is 3.14. The van der Waals surface area contributed by atoms with E-state index < -0.39 is 0 Å². The number of hydrogen-bond donors (Lipinski definition) is 0. The summed E-state index contributed by atoms with van der Waals surface area (Å²) in [6.45, 7) is 0. The van der Waals surface area contributed by atoms with E-state index in [0.717, 1.165) is 5.69 Å². The molecule has 0 atom stereocenters. The molecule has 1 saturated carbocycles. The van der Waals surface area contributed by atoms with Gasteiger partial charge >= 0.3 is 0 Å². The van der Waals surface area contributed by atoms with E-state index in [1.165, 1.54) is 41.7 Å². The van der Waals surface area contributed by atoms with Crippen molar-refractivity contribution in [1.82, 2.24) is 4.98 Å². The van der Waals surface area contributed by atoms with E-state index in [9.17, 15) is 0 Å². The SMILES string of the molecule is COc1nc(C(=CC2CCCC2)c2ccc(SC)cc2)ccc1Cl. The van der Waals surface area contributed by atoms with Gasteiger partial charge in [0.2, 0.25) is 5.88 Å². The second kappa shape index (κ2) is 8.09. The highest BCUT2D eigenvalue weighted by Gasteiger charge is 2.17. The maximum atomic E-state index is 6.15. The van der Waals surface area contributed by atoms with Crippen LogP contribution in [0, 0.1) is 5.92 Å². The summed E-state index contributed by atoms with van der Waals surface area (Å²) in [5.74, 6) is 1.11. The number of benzene rings is 1. The molecule has 3 rings (SSSR count). The van der Waals surface area contributed by atoms with Crippen molar-refractivity contribution in [3.8, 4) is 5.88 Å². The molecule has 1 aliphatic rings. The summed E-state index contributed by atoms with van der Waals surface area (Å²) in [4.78, 5) is 5.89. The van der Waals surface area contributed by atoms with E-state index in [1.807, 2.05) is 12.1 Å². The zero-order chi connectivity index (χ0) is 16.9. The van der Waals surface area contributed by atoms with Crippen LogP contribution in [-0.4, -0.2) is 18.3 Å². The highest BCUT2D eigenvalue weighted by molar-refractivity contribution is 7.98. The first-order valence-electron chi connectivity index (χ1n) is 8.28. The largest absolute Gasteiger partial charge is 0.480 e. The van der Waals surface area contributed by atoms with Gasteiger partial charge in [0.05, 0.1) is 12.8 Å². The smallest absolute Gasteiger partial charge is 0.232 e. The molecule has 1 aliphatic carbocycles. The van der Waals surface area contributed by atoms with Gasteiger partial charge in [-0.25, -0.2) is 4.98 Å². The Morgan fingerprint density at radius 2 is 1.88 bits per heavy atom. The van der Waals surface area contributed by atoms with Gasteiger partial charge in [-0.05, 0) is 54.8 Å². The molecule has 1 heterocycles. The van der Waals surface area contributed by atoms with Crippen LogP contribution < -0.4 is 4.74 Å². The lowest BCUT2D eigenvalue weighted by molar-refractivity contribution is 0.398. The summed E-state index contributed by atoms with van der Waals surface area (Å²) >= 11 is 7.90. The lowest BCUT2D eigenvalue weighted by Gasteiger charge is -2.13.